The third kappa shape index (κ3) is 4.28. The molecule has 0 atom stereocenters. The number of carbonyl (C=O) groups excluding carboxylic acids is 1. The van der Waals surface area contributed by atoms with E-state index in [0.717, 1.165) is 5.69 Å². The number of aryl methyl sites for hydroxylation is 1. The summed E-state index contributed by atoms with van der Waals surface area (Å²) in [5, 5.41) is 0. The van der Waals surface area contributed by atoms with Crippen LogP contribution in [-0.2, 0) is 0 Å². The summed E-state index contributed by atoms with van der Waals surface area (Å²) in [5.41, 5.74) is 6.40. The zero-order valence-corrected chi connectivity index (χ0v) is 8.87. The van der Waals surface area contributed by atoms with E-state index in [0.29, 0.717) is 5.56 Å². The molecule has 5 nitrogen and oxygen atoms in total. The van der Waals surface area contributed by atoms with Crippen LogP contribution in [0, 0.1) is 6.92 Å². The first kappa shape index (κ1) is 11.8. The lowest BCUT2D eigenvalue weighted by atomic mass is 10.3. The van der Waals surface area contributed by atoms with Crippen LogP contribution in [-0.4, -0.2) is 20.9 Å². The van der Waals surface area contributed by atoms with E-state index in [1.54, 1.807) is 30.7 Å². The average molecular weight is 216 g/mol. The third-order valence-corrected chi connectivity index (χ3v) is 1.66. The molecule has 0 radical (unpaired) electrons. The maximum absolute atomic E-state index is 10.4. The molecule has 0 fully saturated rings. The number of hydrogen-bond donors (Lipinski definition) is 1. The van der Waals surface area contributed by atoms with E-state index in [1.165, 1.54) is 12.4 Å². The van der Waals surface area contributed by atoms with Crippen molar-refractivity contribution in [3.05, 3.63) is 54.4 Å². The first-order valence-corrected chi connectivity index (χ1v) is 4.62. The summed E-state index contributed by atoms with van der Waals surface area (Å²) in [5.74, 6) is -0.419. The van der Waals surface area contributed by atoms with Gasteiger partial charge in [0.1, 0.15) is 0 Å². The molecule has 2 rings (SSSR count). The van der Waals surface area contributed by atoms with E-state index >= 15 is 0 Å². The second-order valence-electron chi connectivity index (χ2n) is 2.95. The summed E-state index contributed by atoms with van der Waals surface area (Å²) in [6, 6.07) is 3.14. The number of carbonyl (C=O) groups is 1. The minimum Gasteiger partial charge on any atom is -0.366 e. The van der Waals surface area contributed by atoms with Crippen molar-refractivity contribution in [1.82, 2.24) is 15.0 Å². The van der Waals surface area contributed by atoms with E-state index in [1.807, 2.05) is 6.92 Å². The largest absolute Gasteiger partial charge is 0.366 e. The van der Waals surface area contributed by atoms with Gasteiger partial charge in [0.2, 0.25) is 5.91 Å². The Morgan fingerprint density at radius 2 is 1.81 bits per heavy atom. The third-order valence-electron chi connectivity index (χ3n) is 1.66. The lowest BCUT2D eigenvalue weighted by Gasteiger charge is -1.88. The molecule has 2 heterocycles. The van der Waals surface area contributed by atoms with Crippen molar-refractivity contribution in [2.75, 3.05) is 0 Å². The van der Waals surface area contributed by atoms with Gasteiger partial charge in [-0.3, -0.25) is 19.7 Å². The van der Waals surface area contributed by atoms with Crippen LogP contribution in [0.15, 0.2) is 43.1 Å². The highest BCUT2D eigenvalue weighted by Crippen LogP contribution is 1.91. The van der Waals surface area contributed by atoms with Crippen LogP contribution in [0.4, 0.5) is 0 Å². The molecular formula is C11H12N4O. The molecule has 2 aromatic rings. The molecule has 2 aromatic heterocycles. The molecular weight excluding hydrogens is 204 g/mol. The fourth-order valence-electron chi connectivity index (χ4n) is 0.890. The SMILES string of the molecule is Cc1cnccn1.NC(=O)c1ccncc1. The molecule has 82 valence electrons. The summed E-state index contributed by atoms with van der Waals surface area (Å²) < 4.78 is 0. The minimum absolute atomic E-state index is 0.419. The molecule has 5 heteroatoms. The molecule has 0 saturated carbocycles. The van der Waals surface area contributed by atoms with E-state index in [9.17, 15) is 4.79 Å². The van der Waals surface area contributed by atoms with Crippen molar-refractivity contribution in [3.8, 4) is 0 Å². The quantitative estimate of drug-likeness (QED) is 0.769. The molecule has 1 amide bonds. The van der Waals surface area contributed by atoms with E-state index in [2.05, 4.69) is 15.0 Å². The standard InChI is InChI=1S/C6H6N2O.C5H6N2/c7-6(9)5-1-3-8-4-2-5;1-5-4-6-2-3-7-5/h1-4H,(H2,7,9);2-4H,1H3. The van der Waals surface area contributed by atoms with Crippen molar-refractivity contribution in [1.29, 1.82) is 0 Å². The molecule has 16 heavy (non-hydrogen) atoms. The summed E-state index contributed by atoms with van der Waals surface area (Å²) >= 11 is 0. The molecule has 0 unspecified atom stereocenters. The van der Waals surface area contributed by atoms with E-state index in [-0.39, 0.29) is 0 Å². The minimum atomic E-state index is -0.419. The molecule has 0 aliphatic carbocycles. The predicted octanol–water partition coefficient (Wildman–Crippen LogP) is 0.966. The van der Waals surface area contributed by atoms with E-state index in [4.69, 9.17) is 5.73 Å². The number of nitrogens with zero attached hydrogens (tertiary/aromatic N) is 3. The Balaban J connectivity index is 0.000000165. The zero-order chi connectivity index (χ0) is 11.8. The van der Waals surface area contributed by atoms with E-state index < -0.39 is 5.91 Å². The van der Waals surface area contributed by atoms with Gasteiger partial charge in [0.15, 0.2) is 0 Å². The lowest BCUT2D eigenvalue weighted by Crippen LogP contribution is -2.10. The highest BCUT2D eigenvalue weighted by molar-refractivity contribution is 5.92. The predicted molar refractivity (Wildman–Crippen MR) is 59.5 cm³/mol. The Morgan fingerprint density at radius 3 is 2.12 bits per heavy atom. The highest BCUT2D eigenvalue weighted by Gasteiger charge is 1.94. The van der Waals surface area contributed by atoms with Crippen molar-refractivity contribution in [2.45, 2.75) is 6.92 Å². The van der Waals surface area contributed by atoms with Crippen molar-refractivity contribution in [2.24, 2.45) is 5.73 Å². The Hall–Kier alpha value is -2.30. The molecule has 0 spiro atoms. The van der Waals surface area contributed by atoms with Gasteiger partial charge in [-0.1, -0.05) is 0 Å². The second kappa shape index (κ2) is 6.23. The van der Waals surface area contributed by atoms with Gasteiger partial charge in [0.05, 0.1) is 5.69 Å². The number of amides is 1. The number of primary amides is 1. The Kier molecular flexibility index (Phi) is 4.59. The van der Waals surface area contributed by atoms with Gasteiger partial charge < -0.3 is 5.73 Å². The van der Waals surface area contributed by atoms with Crippen LogP contribution in [0.3, 0.4) is 0 Å². The highest BCUT2D eigenvalue weighted by atomic mass is 16.1. The molecule has 0 saturated heterocycles. The van der Waals surface area contributed by atoms with Gasteiger partial charge in [-0.05, 0) is 19.1 Å². The van der Waals surface area contributed by atoms with Gasteiger partial charge in [0, 0.05) is 36.5 Å². The lowest BCUT2D eigenvalue weighted by molar-refractivity contribution is 0.1000. The molecule has 0 aromatic carbocycles. The number of rotatable bonds is 1. The van der Waals surface area contributed by atoms with Gasteiger partial charge in [0.25, 0.3) is 0 Å². The fraction of sp³-hybridized carbons (Fsp3) is 0.0909. The van der Waals surface area contributed by atoms with Gasteiger partial charge in [-0.2, -0.15) is 0 Å². The van der Waals surface area contributed by atoms with Crippen LogP contribution < -0.4 is 5.73 Å². The number of aromatic nitrogens is 3. The summed E-state index contributed by atoms with van der Waals surface area (Å²) in [6.07, 6.45) is 8.11. The first-order chi connectivity index (χ1) is 7.70. The Morgan fingerprint density at radius 1 is 1.12 bits per heavy atom. The Bertz CT molecular complexity index is 430. The van der Waals surface area contributed by atoms with Gasteiger partial charge in [-0.15, -0.1) is 0 Å². The number of hydrogen-bond acceptors (Lipinski definition) is 4. The van der Waals surface area contributed by atoms with Crippen LogP contribution >= 0.6 is 0 Å². The molecule has 0 aliphatic rings. The molecule has 0 aliphatic heterocycles. The van der Waals surface area contributed by atoms with Crippen LogP contribution in [0.5, 0.6) is 0 Å². The second-order valence-corrected chi connectivity index (χ2v) is 2.95. The van der Waals surface area contributed by atoms with Crippen molar-refractivity contribution >= 4 is 5.91 Å². The summed E-state index contributed by atoms with van der Waals surface area (Å²) in [4.78, 5) is 21.9. The summed E-state index contributed by atoms with van der Waals surface area (Å²) in [7, 11) is 0. The zero-order valence-electron chi connectivity index (χ0n) is 8.87. The molecule has 2 N–H and O–H groups in total. The van der Waals surface area contributed by atoms with Gasteiger partial charge in [-0.25, -0.2) is 0 Å². The van der Waals surface area contributed by atoms with Crippen LogP contribution in [0.1, 0.15) is 16.1 Å². The maximum atomic E-state index is 10.4. The normalized spacial score (nSPS) is 8.81. The van der Waals surface area contributed by atoms with Gasteiger partial charge >= 0.3 is 0 Å². The maximum Gasteiger partial charge on any atom is 0.248 e. The first-order valence-electron chi connectivity index (χ1n) is 4.62. The smallest absolute Gasteiger partial charge is 0.248 e. The van der Waals surface area contributed by atoms with Crippen LogP contribution in [0.2, 0.25) is 0 Å². The monoisotopic (exact) mass is 216 g/mol. The Labute approximate surface area is 93.4 Å². The van der Waals surface area contributed by atoms with Crippen LogP contribution in [0.25, 0.3) is 0 Å². The number of pyridine rings is 1. The fourth-order valence-corrected chi connectivity index (χ4v) is 0.890. The number of nitrogens with two attached hydrogens (primary N) is 1. The topological polar surface area (TPSA) is 81.8 Å². The summed E-state index contributed by atoms with van der Waals surface area (Å²) in [6.45, 7) is 1.91. The average Bonchev–Trinajstić information content (AvgIpc) is 2.32. The van der Waals surface area contributed by atoms with Crippen molar-refractivity contribution in [3.63, 3.8) is 0 Å². The van der Waals surface area contributed by atoms with Crippen molar-refractivity contribution < 1.29 is 4.79 Å². The molecule has 0 bridgehead atoms.